The van der Waals surface area contributed by atoms with E-state index in [2.05, 4.69) is 45.3 Å². The number of rotatable bonds is 8. The SMILES string of the molecule is CC(C)CC(C)c1sccc1NC(=O)c1cn(C)nc1C(F)(F)F.CC(C)OC(=O)c1cc(-c2nn(C)c(C(F)(F)F)c2Br)c(F)cc1Cl. The van der Waals surface area contributed by atoms with Crippen LogP contribution in [0.25, 0.3) is 11.3 Å². The first-order valence-electron chi connectivity index (χ1n) is 14.5. The van der Waals surface area contributed by atoms with E-state index in [0.29, 0.717) is 16.3 Å². The monoisotopic (exact) mass is 801 g/mol. The number of nitrogens with zero attached hydrogens (tertiary/aromatic N) is 4. The van der Waals surface area contributed by atoms with Gasteiger partial charge in [-0.15, -0.1) is 11.3 Å². The number of alkyl halides is 6. The number of carbonyl (C=O) groups excluding carboxylic acids is 2. The number of esters is 1. The Morgan fingerprint density at radius 2 is 1.65 bits per heavy atom. The van der Waals surface area contributed by atoms with Crippen LogP contribution in [0.2, 0.25) is 5.02 Å². The fraction of sp³-hybridized carbons (Fsp3) is 0.419. The molecule has 18 heteroatoms. The number of hydrogen-bond donors (Lipinski definition) is 1. The summed E-state index contributed by atoms with van der Waals surface area (Å²) in [6.07, 6.45) is -7.79. The highest BCUT2D eigenvalue weighted by molar-refractivity contribution is 9.10. The molecule has 1 atom stereocenters. The lowest BCUT2D eigenvalue weighted by Crippen LogP contribution is -2.18. The number of ether oxygens (including phenoxy) is 1. The molecule has 8 nitrogen and oxygen atoms in total. The summed E-state index contributed by atoms with van der Waals surface area (Å²) in [5.41, 5.74) is -2.94. The number of carbonyl (C=O) groups is 2. The summed E-state index contributed by atoms with van der Waals surface area (Å²) in [7, 11) is 2.44. The van der Waals surface area contributed by atoms with Crippen molar-refractivity contribution >= 4 is 56.4 Å². The van der Waals surface area contributed by atoms with Crippen LogP contribution in [0.4, 0.5) is 36.4 Å². The molecule has 4 aromatic rings. The fourth-order valence-electron chi connectivity index (χ4n) is 4.82. The van der Waals surface area contributed by atoms with Crippen LogP contribution in [-0.2, 0) is 31.2 Å². The third-order valence-electron chi connectivity index (χ3n) is 6.69. The van der Waals surface area contributed by atoms with Gasteiger partial charge in [-0.3, -0.25) is 14.2 Å². The van der Waals surface area contributed by atoms with Gasteiger partial charge < -0.3 is 10.1 Å². The Morgan fingerprint density at radius 1 is 1.02 bits per heavy atom. The predicted octanol–water partition coefficient (Wildman–Crippen LogP) is 10.1. The summed E-state index contributed by atoms with van der Waals surface area (Å²) in [5, 5.41) is 11.3. The van der Waals surface area contributed by atoms with E-state index in [1.807, 2.05) is 12.3 Å². The van der Waals surface area contributed by atoms with Crippen molar-refractivity contribution in [2.45, 2.75) is 65.4 Å². The van der Waals surface area contributed by atoms with Gasteiger partial charge in [0, 0.05) is 30.7 Å². The van der Waals surface area contributed by atoms with E-state index >= 15 is 0 Å². The van der Waals surface area contributed by atoms with Crippen molar-refractivity contribution in [2.24, 2.45) is 20.0 Å². The molecule has 0 aliphatic rings. The molecule has 1 amide bonds. The maximum Gasteiger partial charge on any atom is 0.435 e. The zero-order chi connectivity index (χ0) is 37.2. The molecule has 0 saturated heterocycles. The van der Waals surface area contributed by atoms with Crippen molar-refractivity contribution in [3.8, 4) is 11.3 Å². The second-order valence-corrected chi connectivity index (χ2v) is 13.8. The van der Waals surface area contributed by atoms with E-state index in [9.17, 15) is 40.3 Å². The van der Waals surface area contributed by atoms with Crippen molar-refractivity contribution in [3.63, 3.8) is 0 Å². The van der Waals surface area contributed by atoms with Crippen LogP contribution in [0.15, 0.2) is 34.2 Å². The van der Waals surface area contributed by atoms with E-state index in [1.54, 1.807) is 19.9 Å². The highest BCUT2D eigenvalue weighted by atomic mass is 79.9. The van der Waals surface area contributed by atoms with Crippen LogP contribution in [-0.4, -0.2) is 37.5 Å². The van der Waals surface area contributed by atoms with Gasteiger partial charge in [0.05, 0.1) is 32.4 Å². The highest BCUT2D eigenvalue weighted by Gasteiger charge is 2.40. The zero-order valence-electron chi connectivity index (χ0n) is 27.1. The molecule has 4 rings (SSSR count). The minimum absolute atomic E-state index is 0.169. The number of benzene rings is 1. The molecule has 0 bridgehead atoms. The molecule has 0 radical (unpaired) electrons. The first kappa shape index (κ1) is 40.0. The fourth-order valence-corrected chi connectivity index (χ4v) is 6.74. The Labute approximate surface area is 294 Å². The maximum atomic E-state index is 14.3. The smallest absolute Gasteiger partial charge is 0.435 e. The molecule has 0 aliphatic heterocycles. The molecule has 3 heterocycles. The minimum Gasteiger partial charge on any atom is -0.459 e. The van der Waals surface area contributed by atoms with Gasteiger partial charge in [0.1, 0.15) is 11.5 Å². The number of thiophene rings is 1. The van der Waals surface area contributed by atoms with Gasteiger partial charge >= 0.3 is 18.3 Å². The van der Waals surface area contributed by atoms with Gasteiger partial charge in [0.15, 0.2) is 11.4 Å². The van der Waals surface area contributed by atoms with Crippen LogP contribution in [0, 0.1) is 11.7 Å². The lowest BCUT2D eigenvalue weighted by molar-refractivity contribution is -0.144. The quantitative estimate of drug-likeness (QED) is 0.142. The first-order chi connectivity index (χ1) is 22.5. The van der Waals surface area contributed by atoms with E-state index < -0.39 is 57.6 Å². The molecule has 1 unspecified atom stereocenters. The molecule has 0 fully saturated rings. The molecular weight excluding hydrogens is 771 g/mol. The third kappa shape index (κ3) is 9.84. The van der Waals surface area contributed by atoms with Crippen LogP contribution >= 0.6 is 38.9 Å². The summed E-state index contributed by atoms with van der Waals surface area (Å²) in [4.78, 5) is 25.3. The second kappa shape index (κ2) is 15.6. The van der Waals surface area contributed by atoms with E-state index in [-0.39, 0.29) is 27.8 Å². The Bertz CT molecular complexity index is 1820. The Balaban J connectivity index is 0.000000266. The molecule has 3 aromatic heterocycles. The normalized spacial score (nSPS) is 12.6. The van der Waals surface area contributed by atoms with Gasteiger partial charge in [0.25, 0.3) is 5.91 Å². The van der Waals surface area contributed by atoms with Gasteiger partial charge in [-0.1, -0.05) is 32.4 Å². The van der Waals surface area contributed by atoms with E-state index in [1.165, 1.54) is 18.4 Å². The third-order valence-corrected chi connectivity index (χ3v) is 8.90. The summed E-state index contributed by atoms with van der Waals surface area (Å²) in [6.45, 7) is 9.48. The molecule has 268 valence electrons. The van der Waals surface area contributed by atoms with E-state index in [0.717, 1.165) is 41.4 Å². The second-order valence-electron chi connectivity index (χ2n) is 11.6. The van der Waals surface area contributed by atoms with Gasteiger partial charge in [-0.05, 0) is 71.6 Å². The number of hydrogen-bond acceptors (Lipinski definition) is 6. The van der Waals surface area contributed by atoms with Crippen molar-refractivity contribution in [1.82, 2.24) is 19.6 Å². The standard InChI is InChI=1S/C16H20F3N3OS.C15H12BrClF4N2O2/c1-9(2)7-10(3)13-12(5-6-24-13)20-15(23)11-8-22(4)21-14(11)16(17,18)19;1-6(2)25-14(24)7-4-8(10(18)5-9(7)17)12-11(16)13(15(19,20)21)23(3)22-12/h5-6,8-10H,7H2,1-4H3,(H,20,23);4-6H,1-3H3. The van der Waals surface area contributed by atoms with Crippen LogP contribution in [0.5, 0.6) is 0 Å². The molecular formula is C31H32BrClF7N5O3S. The topological polar surface area (TPSA) is 91.0 Å². The molecule has 0 spiro atoms. The molecule has 0 saturated carbocycles. The van der Waals surface area contributed by atoms with Gasteiger partial charge in [-0.2, -0.15) is 36.5 Å². The number of halogens is 9. The zero-order valence-corrected chi connectivity index (χ0v) is 30.3. The average Bonchev–Trinajstić information content (AvgIpc) is 3.64. The van der Waals surface area contributed by atoms with Crippen LogP contribution in [0.1, 0.15) is 83.9 Å². The summed E-state index contributed by atoms with van der Waals surface area (Å²) >= 11 is 10.2. The maximum absolute atomic E-state index is 14.3. The van der Waals surface area contributed by atoms with Crippen molar-refractivity contribution in [2.75, 3.05) is 5.32 Å². The summed E-state index contributed by atoms with van der Waals surface area (Å²) < 4.78 is 98.6. The van der Waals surface area contributed by atoms with Crippen molar-refractivity contribution < 1.29 is 45.1 Å². The Morgan fingerprint density at radius 3 is 2.18 bits per heavy atom. The summed E-state index contributed by atoms with van der Waals surface area (Å²) in [6, 6.07) is 3.58. The minimum atomic E-state index is -4.69. The van der Waals surface area contributed by atoms with Gasteiger partial charge in [-0.25, -0.2) is 9.18 Å². The largest absolute Gasteiger partial charge is 0.459 e. The molecule has 0 aliphatic carbocycles. The average molecular weight is 803 g/mol. The first-order valence-corrected chi connectivity index (χ1v) is 16.6. The Hall–Kier alpha value is -3.44. The number of nitrogens with one attached hydrogen (secondary N) is 1. The van der Waals surface area contributed by atoms with Crippen molar-refractivity contribution in [1.29, 1.82) is 0 Å². The number of aromatic nitrogens is 4. The van der Waals surface area contributed by atoms with Gasteiger partial charge in [0.2, 0.25) is 0 Å². The molecule has 1 aromatic carbocycles. The van der Waals surface area contributed by atoms with Crippen LogP contribution < -0.4 is 5.32 Å². The molecule has 1 N–H and O–H groups in total. The highest BCUT2D eigenvalue weighted by Crippen LogP contribution is 2.41. The number of aryl methyl sites for hydroxylation is 2. The lowest BCUT2D eigenvalue weighted by atomic mass is 9.97. The number of amides is 1. The Kier molecular flexibility index (Phi) is 12.8. The van der Waals surface area contributed by atoms with E-state index in [4.69, 9.17) is 16.3 Å². The predicted molar refractivity (Wildman–Crippen MR) is 175 cm³/mol. The summed E-state index contributed by atoms with van der Waals surface area (Å²) in [5.74, 6) is -1.83. The molecule has 49 heavy (non-hydrogen) atoms. The van der Waals surface area contributed by atoms with Crippen molar-refractivity contribution in [3.05, 3.63) is 72.5 Å². The van der Waals surface area contributed by atoms with Crippen LogP contribution in [0.3, 0.4) is 0 Å². The number of anilines is 1. The lowest BCUT2D eigenvalue weighted by Gasteiger charge is -2.15.